The molecule has 0 aliphatic carbocycles. The van der Waals surface area contributed by atoms with Gasteiger partial charge in [0.05, 0.1) is 18.1 Å². The number of fused-ring (bicyclic) bond motifs is 1. The fourth-order valence-electron chi connectivity index (χ4n) is 3.37. The normalized spacial score (nSPS) is 16.6. The summed E-state index contributed by atoms with van der Waals surface area (Å²) < 4.78 is 15.2. The molecule has 6 nitrogen and oxygen atoms in total. The third-order valence-electron chi connectivity index (χ3n) is 4.81. The van der Waals surface area contributed by atoms with Gasteiger partial charge in [-0.1, -0.05) is 5.21 Å². The zero-order valence-corrected chi connectivity index (χ0v) is 14.3. The van der Waals surface area contributed by atoms with Crippen molar-refractivity contribution < 1.29 is 9.18 Å². The van der Waals surface area contributed by atoms with Gasteiger partial charge in [0.15, 0.2) is 0 Å². The monoisotopic (exact) mass is 333 g/mol. The van der Waals surface area contributed by atoms with Gasteiger partial charge in [0.2, 0.25) is 5.91 Å². The Morgan fingerprint density at radius 2 is 2.00 bits per heavy atom. The summed E-state index contributed by atoms with van der Waals surface area (Å²) in [5, 5.41) is 8.27. The minimum absolute atomic E-state index is 0.195. The molecule has 1 amide bonds. The third kappa shape index (κ3) is 3.40. The maximum absolute atomic E-state index is 13.3. The van der Waals surface area contributed by atoms with Crippen LogP contribution in [-0.4, -0.2) is 63.4 Å². The van der Waals surface area contributed by atoms with E-state index in [1.807, 2.05) is 23.4 Å². The van der Waals surface area contributed by atoms with Crippen LogP contribution in [0.15, 0.2) is 18.2 Å². The Balaban J connectivity index is 1.61. The van der Waals surface area contributed by atoms with Crippen molar-refractivity contribution in [3.63, 3.8) is 0 Å². The van der Waals surface area contributed by atoms with Crippen LogP contribution in [0.5, 0.6) is 0 Å². The molecule has 2 heterocycles. The summed E-state index contributed by atoms with van der Waals surface area (Å²) in [5.41, 5.74) is 1.46. The molecule has 2 aromatic rings. The standard InChI is InChI=1S/C17H24FN5O/c1-3-22(4-2)17(24)12-21-9-7-14(8-10-21)23-16-6-5-13(18)11-15(16)19-20-23/h5-6,11,14H,3-4,7-10,12H2,1-2H3. The molecule has 0 unspecified atom stereocenters. The van der Waals surface area contributed by atoms with Gasteiger partial charge in [-0.25, -0.2) is 9.07 Å². The predicted molar refractivity (Wildman–Crippen MR) is 90.1 cm³/mol. The number of hydrogen-bond donors (Lipinski definition) is 0. The number of piperidine rings is 1. The van der Waals surface area contributed by atoms with Crippen LogP contribution in [0.4, 0.5) is 4.39 Å². The average Bonchev–Trinajstić information content (AvgIpc) is 2.99. The molecule has 1 aliphatic rings. The van der Waals surface area contributed by atoms with Crippen molar-refractivity contribution in [2.75, 3.05) is 32.7 Å². The van der Waals surface area contributed by atoms with Crippen molar-refractivity contribution in [1.29, 1.82) is 0 Å². The van der Waals surface area contributed by atoms with Gasteiger partial charge < -0.3 is 4.90 Å². The fraction of sp³-hybridized carbons (Fsp3) is 0.588. The SMILES string of the molecule is CCN(CC)C(=O)CN1CCC(n2nnc3cc(F)ccc32)CC1. The highest BCUT2D eigenvalue weighted by molar-refractivity contribution is 5.78. The van der Waals surface area contributed by atoms with E-state index in [0.717, 1.165) is 44.5 Å². The first kappa shape index (κ1) is 16.8. The first-order valence-corrected chi connectivity index (χ1v) is 8.63. The molecule has 1 fully saturated rings. The Hall–Kier alpha value is -2.02. The summed E-state index contributed by atoms with van der Waals surface area (Å²) in [4.78, 5) is 16.3. The van der Waals surface area contributed by atoms with Crippen LogP contribution in [0, 0.1) is 5.82 Å². The number of rotatable bonds is 5. The number of nitrogens with zero attached hydrogens (tertiary/aromatic N) is 5. The highest BCUT2D eigenvalue weighted by Gasteiger charge is 2.25. The largest absolute Gasteiger partial charge is 0.342 e. The molecule has 0 N–H and O–H groups in total. The Morgan fingerprint density at radius 1 is 1.29 bits per heavy atom. The molecule has 0 bridgehead atoms. The molecule has 0 atom stereocenters. The Kier molecular flexibility index (Phi) is 5.08. The minimum atomic E-state index is -0.292. The molecule has 1 aromatic heterocycles. The topological polar surface area (TPSA) is 54.3 Å². The second-order valence-corrected chi connectivity index (χ2v) is 6.24. The van der Waals surface area contributed by atoms with Gasteiger partial charge in [0.1, 0.15) is 11.3 Å². The molecule has 1 aromatic carbocycles. The van der Waals surface area contributed by atoms with E-state index in [4.69, 9.17) is 0 Å². The van der Waals surface area contributed by atoms with Gasteiger partial charge in [0.25, 0.3) is 0 Å². The summed E-state index contributed by atoms with van der Waals surface area (Å²) in [6.45, 7) is 7.73. The highest BCUT2D eigenvalue weighted by atomic mass is 19.1. The van der Waals surface area contributed by atoms with E-state index < -0.39 is 0 Å². The summed E-state index contributed by atoms with van der Waals surface area (Å²) in [5.74, 6) is -0.0978. The summed E-state index contributed by atoms with van der Waals surface area (Å²) in [6.07, 6.45) is 1.84. The van der Waals surface area contributed by atoms with Crippen LogP contribution in [0.1, 0.15) is 32.7 Å². The number of carbonyl (C=O) groups is 1. The second kappa shape index (κ2) is 7.25. The smallest absolute Gasteiger partial charge is 0.236 e. The van der Waals surface area contributed by atoms with Crippen LogP contribution in [0.3, 0.4) is 0 Å². The Morgan fingerprint density at radius 3 is 2.67 bits per heavy atom. The molecule has 1 aliphatic heterocycles. The van der Waals surface area contributed by atoms with Crippen molar-refractivity contribution in [3.8, 4) is 0 Å². The van der Waals surface area contributed by atoms with Crippen LogP contribution in [-0.2, 0) is 4.79 Å². The van der Waals surface area contributed by atoms with Gasteiger partial charge in [-0.2, -0.15) is 0 Å². The highest BCUT2D eigenvalue weighted by Crippen LogP contribution is 2.25. The number of hydrogen-bond acceptors (Lipinski definition) is 4. The van der Waals surface area contributed by atoms with E-state index in [1.165, 1.54) is 12.1 Å². The zero-order chi connectivity index (χ0) is 17.1. The lowest BCUT2D eigenvalue weighted by molar-refractivity contribution is -0.132. The van der Waals surface area contributed by atoms with Gasteiger partial charge in [-0.3, -0.25) is 9.69 Å². The van der Waals surface area contributed by atoms with E-state index in [0.29, 0.717) is 12.1 Å². The van der Waals surface area contributed by atoms with Crippen LogP contribution >= 0.6 is 0 Å². The first-order chi connectivity index (χ1) is 11.6. The molecule has 130 valence electrons. The lowest BCUT2D eigenvalue weighted by Gasteiger charge is -2.32. The molecule has 24 heavy (non-hydrogen) atoms. The lowest BCUT2D eigenvalue weighted by Crippen LogP contribution is -2.43. The van der Waals surface area contributed by atoms with Crippen LogP contribution in [0.25, 0.3) is 11.0 Å². The van der Waals surface area contributed by atoms with E-state index in [1.54, 1.807) is 6.07 Å². The van der Waals surface area contributed by atoms with Gasteiger partial charge in [-0.15, -0.1) is 5.10 Å². The maximum Gasteiger partial charge on any atom is 0.236 e. The average molecular weight is 333 g/mol. The molecule has 3 rings (SSSR count). The van der Waals surface area contributed by atoms with Crippen molar-refractivity contribution in [2.24, 2.45) is 0 Å². The summed E-state index contributed by atoms with van der Waals surface area (Å²) >= 11 is 0. The number of halogens is 1. The van der Waals surface area contributed by atoms with Crippen LogP contribution in [0.2, 0.25) is 0 Å². The molecule has 0 saturated carbocycles. The number of amides is 1. The van der Waals surface area contributed by atoms with E-state index in [2.05, 4.69) is 15.2 Å². The lowest BCUT2D eigenvalue weighted by atomic mass is 10.0. The second-order valence-electron chi connectivity index (χ2n) is 6.24. The first-order valence-electron chi connectivity index (χ1n) is 8.63. The summed E-state index contributed by atoms with van der Waals surface area (Å²) in [6, 6.07) is 4.85. The van der Waals surface area contributed by atoms with E-state index in [9.17, 15) is 9.18 Å². The van der Waals surface area contributed by atoms with Crippen molar-refractivity contribution in [2.45, 2.75) is 32.7 Å². The van der Waals surface area contributed by atoms with Crippen molar-refractivity contribution >= 4 is 16.9 Å². The Labute approximate surface area is 141 Å². The quantitative estimate of drug-likeness (QED) is 0.841. The number of likely N-dealkylation sites (N-methyl/N-ethyl adjacent to an activating group) is 1. The zero-order valence-electron chi connectivity index (χ0n) is 14.3. The van der Waals surface area contributed by atoms with Gasteiger partial charge in [0, 0.05) is 32.2 Å². The minimum Gasteiger partial charge on any atom is -0.342 e. The molecular formula is C17H24FN5O. The molecular weight excluding hydrogens is 309 g/mol. The molecule has 0 radical (unpaired) electrons. The number of likely N-dealkylation sites (tertiary alicyclic amines) is 1. The van der Waals surface area contributed by atoms with E-state index in [-0.39, 0.29) is 17.8 Å². The van der Waals surface area contributed by atoms with Crippen molar-refractivity contribution in [3.05, 3.63) is 24.0 Å². The maximum atomic E-state index is 13.3. The number of aromatic nitrogens is 3. The van der Waals surface area contributed by atoms with Gasteiger partial charge in [-0.05, 0) is 38.8 Å². The van der Waals surface area contributed by atoms with Gasteiger partial charge >= 0.3 is 0 Å². The predicted octanol–water partition coefficient (Wildman–Crippen LogP) is 2.08. The molecule has 1 saturated heterocycles. The molecule has 7 heteroatoms. The van der Waals surface area contributed by atoms with Crippen molar-refractivity contribution in [1.82, 2.24) is 24.8 Å². The Bertz CT molecular complexity index is 704. The fourth-order valence-corrected chi connectivity index (χ4v) is 3.37. The van der Waals surface area contributed by atoms with E-state index >= 15 is 0 Å². The number of carbonyl (C=O) groups excluding carboxylic acids is 1. The molecule has 0 spiro atoms. The summed E-state index contributed by atoms with van der Waals surface area (Å²) in [7, 11) is 0. The van der Waals surface area contributed by atoms with Crippen LogP contribution < -0.4 is 0 Å². The number of benzene rings is 1. The third-order valence-corrected chi connectivity index (χ3v) is 4.81.